The number of benzene rings is 1. The molecule has 4 nitrogen and oxygen atoms in total. The summed E-state index contributed by atoms with van der Waals surface area (Å²) in [6.07, 6.45) is 15.6. The summed E-state index contributed by atoms with van der Waals surface area (Å²) in [6.45, 7) is 0. The van der Waals surface area contributed by atoms with Crippen molar-refractivity contribution in [1.29, 1.82) is 0 Å². The number of amides is 1. The van der Waals surface area contributed by atoms with Crippen LogP contribution in [-0.2, 0) is 4.79 Å². The zero-order chi connectivity index (χ0) is 17.9. The molecule has 0 saturated heterocycles. The number of hydrogen-bond donors (Lipinski definition) is 2. The van der Waals surface area contributed by atoms with Crippen LogP contribution in [0.4, 0.5) is 0 Å². The van der Waals surface area contributed by atoms with Gasteiger partial charge in [-0.3, -0.25) is 4.79 Å². The van der Waals surface area contributed by atoms with Gasteiger partial charge in [-0.1, -0.05) is 61.2 Å². The molecular formula is C21H22ClN3O. The average Bonchev–Trinajstić information content (AvgIpc) is 2.93. The molecule has 2 aliphatic carbocycles. The topological polar surface area (TPSA) is 57.8 Å². The quantitative estimate of drug-likeness (QED) is 0.819. The molecule has 1 unspecified atom stereocenters. The molecular weight excluding hydrogens is 346 g/mol. The number of rotatable bonds is 3. The molecule has 1 atom stereocenters. The lowest BCUT2D eigenvalue weighted by Crippen LogP contribution is -2.37. The van der Waals surface area contributed by atoms with E-state index in [4.69, 9.17) is 11.6 Å². The summed E-state index contributed by atoms with van der Waals surface area (Å²) >= 11 is 6.04. The van der Waals surface area contributed by atoms with Gasteiger partial charge < -0.3 is 10.3 Å². The summed E-state index contributed by atoms with van der Waals surface area (Å²) in [5.74, 6) is 1.13. The first-order chi connectivity index (χ1) is 12.7. The number of aromatic nitrogens is 2. The molecule has 134 valence electrons. The lowest BCUT2D eigenvalue weighted by molar-refractivity contribution is -0.126. The Balaban J connectivity index is 1.47. The average molecular weight is 368 g/mol. The molecule has 1 saturated carbocycles. The monoisotopic (exact) mass is 367 g/mol. The highest BCUT2D eigenvalue weighted by Crippen LogP contribution is 2.25. The molecule has 1 aromatic carbocycles. The van der Waals surface area contributed by atoms with Crippen molar-refractivity contribution in [3.05, 3.63) is 59.4 Å². The Morgan fingerprint density at radius 2 is 2.04 bits per heavy atom. The number of allylic oxidation sites excluding steroid dienone is 4. The fourth-order valence-corrected chi connectivity index (χ4v) is 3.80. The Hall–Kier alpha value is -2.33. The van der Waals surface area contributed by atoms with Gasteiger partial charge >= 0.3 is 0 Å². The maximum atomic E-state index is 12.5. The number of fused-ring (bicyclic) bond motifs is 1. The lowest BCUT2D eigenvalue weighted by Gasteiger charge is -2.22. The zero-order valence-corrected chi connectivity index (χ0v) is 15.3. The number of nitrogens with zero attached hydrogens (tertiary/aromatic N) is 1. The predicted octanol–water partition coefficient (Wildman–Crippen LogP) is 4.79. The Labute approximate surface area is 158 Å². The van der Waals surface area contributed by atoms with Gasteiger partial charge in [0, 0.05) is 16.5 Å². The van der Waals surface area contributed by atoms with Crippen LogP contribution in [0, 0.1) is 5.92 Å². The van der Waals surface area contributed by atoms with E-state index in [1.165, 1.54) is 6.42 Å². The predicted molar refractivity (Wildman–Crippen MR) is 106 cm³/mol. The fraction of sp³-hybridized carbons (Fsp3) is 0.333. The second-order valence-electron chi connectivity index (χ2n) is 6.98. The van der Waals surface area contributed by atoms with Crippen LogP contribution in [0.3, 0.4) is 0 Å². The first-order valence-electron chi connectivity index (χ1n) is 9.22. The van der Waals surface area contributed by atoms with Crippen molar-refractivity contribution in [2.45, 2.75) is 38.1 Å². The van der Waals surface area contributed by atoms with Crippen LogP contribution in [0.5, 0.6) is 0 Å². The highest BCUT2D eigenvalue weighted by Gasteiger charge is 2.22. The van der Waals surface area contributed by atoms with Crippen LogP contribution < -0.4 is 5.32 Å². The van der Waals surface area contributed by atoms with Crippen LogP contribution in [0.15, 0.2) is 48.6 Å². The van der Waals surface area contributed by atoms with Gasteiger partial charge in [0.2, 0.25) is 5.91 Å². The molecule has 2 N–H and O–H groups in total. The van der Waals surface area contributed by atoms with E-state index >= 15 is 0 Å². The van der Waals surface area contributed by atoms with Crippen LogP contribution in [0.1, 0.15) is 37.9 Å². The van der Waals surface area contributed by atoms with Crippen LogP contribution >= 0.6 is 11.6 Å². The number of imidazole rings is 1. The van der Waals surface area contributed by atoms with Crippen molar-refractivity contribution in [2.24, 2.45) is 5.92 Å². The highest BCUT2D eigenvalue weighted by atomic mass is 35.5. The van der Waals surface area contributed by atoms with Crippen LogP contribution in [0.25, 0.3) is 16.6 Å². The first kappa shape index (κ1) is 17.1. The lowest BCUT2D eigenvalue weighted by atomic mass is 9.88. The third kappa shape index (κ3) is 3.75. The van der Waals surface area contributed by atoms with Gasteiger partial charge in [-0.15, -0.1) is 0 Å². The van der Waals surface area contributed by atoms with E-state index in [2.05, 4.69) is 15.3 Å². The Morgan fingerprint density at radius 3 is 2.88 bits per heavy atom. The smallest absolute Gasteiger partial charge is 0.223 e. The van der Waals surface area contributed by atoms with Crippen molar-refractivity contribution in [3.63, 3.8) is 0 Å². The van der Waals surface area contributed by atoms with E-state index in [1.807, 2.05) is 48.6 Å². The molecule has 1 fully saturated rings. The molecule has 2 aromatic rings. The highest BCUT2D eigenvalue weighted by molar-refractivity contribution is 6.31. The van der Waals surface area contributed by atoms with E-state index in [0.717, 1.165) is 48.1 Å². The van der Waals surface area contributed by atoms with Gasteiger partial charge in [-0.25, -0.2) is 4.98 Å². The first-order valence-corrected chi connectivity index (χ1v) is 9.59. The fourth-order valence-electron chi connectivity index (χ4n) is 3.63. The largest absolute Gasteiger partial charge is 0.346 e. The molecule has 5 heteroatoms. The number of carbonyl (C=O) groups excluding carboxylic acids is 1. The molecule has 1 amide bonds. The summed E-state index contributed by atoms with van der Waals surface area (Å²) in [7, 11) is 0. The SMILES string of the molecule is O=C(NC1C=CC=C(c2nc3ccc(Cl)cc3[nH]2)C=C1)C1CCCCC1. The zero-order valence-electron chi connectivity index (χ0n) is 14.5. The number of nitrogens with one attached hydrogen (secondary N) is 2. The molecule has 26 heavy (non-hydrogen) atoms. The van der Waals surface area contributed by atoms with Crippen molar-refractivity contribution in [1.82, 2.24) is 15.3 Å². The Bertz CT molecular complexity index is 903. The maximum Gasteiger partial charge on any atom is 0.223 e. The normalized spacial score (nSPS) is 20.8. The number of carbonyl (C=O) groups is 1. The molecule has 1 aromatic heterocycles. The molecule has 0 aliphatic heterocycles. The number of hydrogen-bond acceptors (Lipinski definition) is 2. The molecule has 0 bridgehead atoms. The van der Waals surface area contributed by atoms with Gasteiger partial charge in [0.15, 0.2) is 0 Å². The number of aromatic amines is 1. The molecule has 1 heterocycles. The van der Waals surface area contributed by atoms with Gasteiger partial charge in [0.05, 0.1) is 17.1 Å². The Kier molecular flexibility index (Phi) is 4.93. The molecule has 0 radical (unpaired) electrons. The molecule has 2 aliphatic rings. The van der Waals surface area contributed by atoms with Gasteiger partial charge in [0.25, 0.3) is 0 Å². The minimum atomic E-state index is -0.0861. The van der Waals surface area contributed by atoms with Gasteiger partial charge in [0.1, 0.15) is 5.82 Å². The standard InChI is InChI=1S/C21H22ClN3O/c22-16-10-12-18-19(13-16)25-20(24-18)14-7-4-8-17(11-9-14)23-21(26)15-5-2-1-3-6-15/h4,7-13,15,17H,1-3,5-6H2,(H,23,26)(H,24,25). The summed E-state index contributed by atoms with van der Waals surface area (Å²) in [5, 5.41) is 3.82. The molecule has 0 spiro atoms. The summed E-state index contributed by atoms with van der Waals surface area (Å²) in [5.41, 5.74) is 2.77. The summed E-state index contributed by atoms with van der Waals surface area (Å²) < 4.78 is 0. The summed E-state index contributed by atoms with van der Waals surface area (Å²) in [4.78, 5) is 20.4. The number of halogens is 1. The van der Waals surface area contributed by atoms with Crippen molar-refractivity contribution >= 4 is 34.1 Å². The number of H-pyrrole nitrogens is 1. The van der Waals surface area contributed by atoms with Crippen LogP contribution in [-0.4, -0.2) is 21.9 Å². The molecule has 4 rings (SSSR count). The van der Waals surface area contributed by atoms with E-state index in [1.54, 1.807) is 0 Å². The van der Waals surface area contributed by atoms with Gasteiger partial charge in [-0.05, 0) is 31.0 Å². The van der Waals surface area contributed by atoms with E-state index in [-0.39, 0.29) is 17.9 Å². The van der Waals surface area contributed by atoms with E-state index in [9.17, 15) is 4.79 Å². The third-order valence-electron chi connectivity index (χ3n) is 5.08. The third-order valence-corrected chi connectivity index (χ3v) is 5.31. The van der Waals surface area contributed by atoms with Crippen molar-refractivity contribution < 1.29 is 4.79 Å². The minimum Gasteiger partial charge on any atom is -0.346 e. The second kappa shape index (κ2) is 7.50. The van der Waals surface area contributed by atoms with Gasteiger partial charge in [-0.2, -0.15) is 0 Å². The second-order valence-corrected chi connectivity index (χ2v) is 7.42. The Morgan fingerprint density at radius 1 is 1.19 bits per heavy atom. The van der Waals surface area contributed by atoms with Crippen molar-refractivity contribution in [3.8, 4) is 0 Å². The van der Waals surface area contributed by atoms with E-state index in [0.29, 0.717) is 5.02 Å². The van der Waals surface area contributed by atoms with Crippen molar-refractivity contribution in [2.75, 3.05) is 0 Å². The van der Waals surface area contributed by atoms with Crippen LogP contribution in [0.2, 0.25) is 5.02 Å². The summed E-state index contributed by atoms with van der Waals surface area (Å²) in [6, 6.07) is 5.53. The van der Waals surface area contributed by atoms with E-state index < -0.39 is 0 Å². The maximum absolute atomic E-state index is 12.5. The minimum absolute atomic E-state index is 0.0861.